The highest BCUT2D eigenvalue weighted by Crippen LogP contribution is 2.34. The summed E-state index contributed by atoms with van der Waals surface area (Å²) < 4.78 is 13.0. The second-order valence-corrected chi connectivity index (χ2v) is 8.11. The van der Waals surface area contributed by atoms with Gasteiger partial charge in [-0.1, -0.05) is 30.3 Å². The molecule has 0 spiro atoms. The summed E-state index contributed by atoms with van der Waals surface area (Å²) in [7, 11) is 0. The Labute approximate surface area is 171 Å². The molecule has 5 heteroatoms. The number of fused-ring (bicyclic) bond motifs is 1. The summed E-state index contributed by atoms with van der Waals surface area (Å²) in [5, 5.41) is 2.95. The molecule has 2 aromatic carbocycles. The van der Waals surface area contributed by atoms with E-state index < -0.39 is 0 Å². The minimum atomic E-state index is -0.278. The maximum atomic E-state index is 13.1. The molecule has 0 bridgehead atoms. The van der Waals surface area contributed by atoms with Crippen LogP contribution in [0.25, 0.3) is 0 Å². The van der Waals surface area contributed by atoms with E-state index in [0.29, 0.717) is 6.54 Å². The van der Waals surface area contributed by atoms with Gasteiger partial charge in [-0.3, -0.25) is 9.59 Å². The van der Waals surface area contributed by atoms with Gasteiger partial charge in [0.1, 0.15) is 5.82 Å². The lowest BCUT2D eigenvalue weighted by molar-refractivity contribution is -0.129. The van der Waals surface area contributed by atoms with Crippen LogP contribution in [0.15, 0.2) is 48.5 Å². The summed E-state index contributed by atoms with van der Waals surface area (Å²) in [4.78, 5) is 27.6. The monoisotopic (exact) mass is 394 g/mol. The summed E-state index contributed by atoms with van der Waals surface area (Å²) in [5.41, 5.74) is 3.19. The number of anilines is 1. The number of benzene rings is 2. The molecule has 0 unspecified atom stereocenters. The molecule has 2 aromatic rings. The third-order valence-corrected chi connectivity index (χ3v) is 6.20. The Hall–Kier alpha value is -2.69. The average Bonchev–Trinajstić information content (AvgIpc) is 2.78. The molecule has 2 aliphatic rings. The van der Waals surface area contributed by atoms with Crippen molar-refractivity contribution in [2.75, 3.05) is 11.4 Å². The third kappa shape index (κ3) is 4.50. The Kier molecular flexibility index (Phi) is 5.93. The fourth-order valence-electron chi connectivity index (χ4n) is 4.52. The molecule has 1 saturated carbocycles. The molecule has 2 amide bonds. The average molecular weight is 394 g/mol. The second-order valence-electron chi connectivity index (χ2n) is 8.11. The molecule has 0 aromatic heterocycles. The first-order valence-electron chi connectivity index (χ1n) is 10.5. The van der Waals surface area contributed by atoms with E-state index in [1.807, 2.05) is 23.1 Å². The van der Waals surface area contributed by atoms with Gasteiger partial charge in [-0.25, -0.2) is 4.39 Å². The highest BCUT2D eigenvalue weighted by atomic mass is 19.1. The van der Waals surface area contributed by atoms with Gasteiger partial charge in [-0.15, -0.1) is 0 Å². The maximum absolute atomic E-state index is 13.1. The van der Waals surface area contributed by atoms with Crippen molar-refractivity contribution in [3.63, 3.8) is 0 Å². The minimum Gasteiger partial charge on any atom is -0.352 e. The molecule has 1 heterocycles. The number of halogens is 1. The number of carbonyl (C=O) groups is 2. The number of amides is 2. The van der Waals surface area contributed by atoms with Crippen LogP contribution in [-0.2, 0) is 22.6 Å². The number of aryl methyl sites for hydroxylation is 1. The van der Waals surface area contributed by atoms with Gasteiger partial charge < -0.3 is 10.2 Å². The van der Waals surface area contributed by atoms with Crippen molar-refractivity contribution in [3.8, 4) is 0 Å². The molecule has 1 N–H and O–H groups in total. The normalized spacial score (nSPS) is 21.3. The minimum absolute atomic E-state index is 0.00213. The first kappa shape index (κ1) is 19.6. The largest absolute Gasteiger partial charge is 0.352 e. The highest BCUT2D eigenvalue weighted by Gasteiger charge is 2.33. The molecular formula is C24H27FN2O2. The molecule has 4 nitrogen and oxygen atoms in total. The van der Waals surface area contributed by atoms with Crippen LogP contribution in [0.1, 0.15) is 43.2 Å². The number of hydrogen-bond donors (Lipinski definition) is 1. The number of nitrogens with zero attached hydrogens (tertiary/aromatic N) is 1. The zero-order chi connectivity index (χ0) is 20.2. The van der Waals surface area contributed by atoms with E-state index in [2.05, 4.69) is 11.4 Å². The van der Waals surface area contributed by atoms with Crippen molar-refractivity contribution in [2.24, 2.45) is 11.8 Å². The molecule has 1 aliphatic carbocycles. The molecular weight excluding hydrogens is 367 g/mol. The van der Waals surface area contributed by atoms with Crippen molar-refractivity contribution < 1.29 is 14.0 Å². The summed E-state index contributed by atoms with van der Waals surface area (Å²) in [6, 6.07) is 14.3. The van der Waals surface area contributed by atoms with E-state index in [0.717, 1.165) is 56.3 Å². The number of hydrogen-bond acceptors (Lipinski definition) is 2. The lowest BCUT2D eigenvalue weighted by atomic mass is 9.80. The highest BCUT2D eigenvalue weighted by molar-refractivity contribution is 5.96. The third-order valence-electron chi connectivity index (χ3n) is 6.20. The van der Waals surface area contributed by atoms with Crippen molar-refractivity contribution in [2.45, 2.75) is 45.1 Å². The Morgan fingerprint density at radius 3 is 2.41 bits per heavy atom. The fraction of sp³-hybridized carbons (Fsp3) is 0.417. The first-order valence-corrected chi connectivity index (χ1v) is 10.5. The van der Waals surface area contributed by atoms with Gasteiger partial charge in [0.2, 0.25) is 11.8 Å². The Morgan fingerprint density at radius 1 is 0.966 bits per heavy atom. The topological polar surface area (TPSA) is 49.4 Å². The zero-order valence-electron chi connectivity index (χ0n) is 16.6. The lowest BCUT2D eigenvalue weighted by Crippen LogP contribution is -2.42. The van der Waals surface area contributed by atoms with Gasteiger partial charge in [0.15, 0.2) is 0 Å². The number of carbonyl (C=O) groups excluding carboxylic acids is 2. The molecule has 152 valence electrons. The van der Waals surface area contributed by atoms with Crippen LogP contribution in [0.4, 0.5) is 10.1 Å². The Morgan fingerprint density at radius 2 is 1.66 bits per heavy atom. The van der Waals surface area contributed by atoms with Gasteiger partial charge in [0.05, 0.1) is 0 Å². The molecule has 0 radical (unpaired) electrons. The van der Waals surface area contributed by atoms with Crippen LogP contribution in [0.5, 0.6) is 0 Å². The number of nitrogens with one attached hydrogen (secondary N) is 1. The summed E-state index contributed by atoms with van der Waals surface area (Å²) in [5.74, 6) is -0.0827. The molecule has 0 saturated heterocycles. The van der Waals surface area contributed by atoms with E-state index in [-0.39, 0.29) is 29.5 Å². The van der Waals surface area contributed by atoms with E-state index in [4.69, 9.17) is 0 Å². The van der Waals surface area contributed by atoms with Crippen LogP contribution in [0.3, 0.4) is 0 Å². The number of rotatable bonds is 4. The van der Waals surface area contributed by atoms with Gasteiger partial charge >= 0.3 is 0 Å². The van der Waals surface area contributed by atoms with Gasteiger partial charge in [-0.2, -0.15) is 0 Å². The first-order chi connectivity index (χ1) is 14.1. The van der Waals surface area contributed by atoms with Crippen LogP contribution < -0.4 is 10.2 Å². The van der Waals surface area contributed by atoms with E-state index in [9.17, 15) is 14.0 Å². The van der Waals surface area contributed by atoms with Crippen LogP contribution in [0, 0.1) is 17.7 Å². The van der Waals surface area contributed by atoms with E-state index in [1.54, 1.807) is 12.1 Å². The van der Waals surface area contributed by atoms with Crippen LogP contribution in [0.2, 0.25) is 0 Å². The van der Waals surface area contributed by atoms with Gasteiger partial charge in [0.25, 0.3) is 0 Å². The molecule has 4 rings (SSSR count). The van der Waals surface area contributed by atoms with E-state index >= 15 is 0 Å². The summed E-state index contributed by atoms with van der Waals surface area (Å²) >= 11 is 0. The Balaban J connectivity index is 1.29. The van der Waals surface area contributed by atoms with Crippen molar-refractivity contribution in [1.82, 2.24) is 5.32 Å². The standard InChI is InChI=1S/C24H27FN2O2/c25-21-13-7-17(8-14-21)16-26-23(28)19-9-11-20(12-10-19)24(29)27-15-3-5-18-4-1-2-6-22(18)27/h1-2,4,6-8,13-14,19-20H,3,5,9-12,15-16H2,(H,26,28). The van der Waals surface area contributed by atoms with Crippen LogP contribution in [-0.4, -0.2) is 18.4 Å². The van der Waals surface area contributed by atoms with Gasteiger partial charge in [0, 0.05) is 30.6 Å². The SMILES string of the molecule is O=C(NCc1ccc(F)cc1)C1CCC(C(=O)N2CCCc3ccccc32)CC1. The lowest BCUT2D eigenvalue weighted by Gasteiger charge is -2.35. The maximum Gasteiger partial charge on any atom is 0.230 e. The Bertz CT molecular complexity index is 873. The smallest absolute Gasteiger partial charge is 0.230 e. The summed E-state index contributed by atoms with van der Waals surface area (Å²) in [6.07, 6.45) is 5.02. The van der Waals surface area contributed by atoms with Crippen LogP contribution >= 0.6 is 0 Å². The molecule has 1 fully saturated rings. The molecule has 29 heavy (non-hydrogen) atoms. The van der Waals surface area contributed by atoms with Crippen molar-refractivity contribution >= 4 is 17.5 Å². The number of para-hydroxylation sites is 1. The second kappa shape index (κ2) is 8.76. The van der Waals surface area contributed by atoms with Crippen molar-refractivity contribution in [1.29, 1.82) is 0 Å². The predicted octanol–water partition coefficient (Wildman–Crippen LogP) is 4.23. The zero-order valence-corrected chi connectivity index (χ0v) is 16.6. The predicted molar refractivity (Wildman–Crippen MR) is 111 cm³/mol. The fourth-order valence-corrected chi connectivity index (χ4v) is 4.52. The summed E-state index contributed by atoms with van der Waals surface area (Å²) in [6.45, 7) is 1.19. The van der Waals surface area contributed by atoms with Crippen molar-refractivity contribution in [3.05, 3.63) is 65.5 Å². The molecule has 0 atom stereocenters. The van der Waals surface area contributed by atoms with Gasteiger partial charge in [-0.05, 0) is 67.9 Å². The quantitative estimate of drug-likeness (QED) is 0.844. The molecule has 1 aliphatic heterocycles. The van der Waals surface area contributed by atoms with E-state index in [1.165, 1.54) is 17.7 Å².